The normalized spacial score (nSPS) is 25.3. The van der Waals surface area contributed by atoms with E-state index in [1.54, 1.807) is 0 Å². The molecular formula is C12H25NO. The zero-order valence-corrected chi connectivity index (χ0v) is 10.1. The molecule has 1 rings (SSSR count). The Morgan fingerprint density at radius 3 is 2.14 bits per heavy atom. The Kier molecular flexibility index (Phi) is 3.96. The van der Waals surface area contributed by atoms with Crippen LogP contribution in [-0.4, -0.2) is 35.7 Å². The van der Waals surface area contributed by atoms with Crippen LogP contribution in [-0.2, 0) is 0 Å². The second kappa shape index (κ2) is 4.63. The van der Waals surface area contributed by atoms with Crippen molar-refractivity contribution in [2.45, 2.75) is 57.6 Å². The third kappa shape index (κ3) is 1.96. The summed E-state index contributed by atoms with van der Waals surface area (Å²) in [4.78, 5) is 2.25. The van der Waals surface area contributed by atoms with Crippen LogP contribution in [0.5, 0.6) is 0 Å². The molecule has 1 fully saturated rings. The maximum atomic E-state index is 10.4. The first kappa shape index (κ1) is 12.0. The predicted octanol–water partition coefficient (Wildman–Crippen LogP) is 2.27. The van der Waals surface area contributed by atoms with Gasteiger partial charge in [0.15, 0.2) is 0 Å². The van der Waals surface area contributed by atoms with E-state index in [0.29, 0.717) is 5.92 Å². The summed E-state index contributed by atoms with van der Waals surface area (Å²) in [5.74, 6) is 0.412. The monoisotopic (exact) mass is 199 g/mol. The van der Waals surface area contributed by atoms with Crippen LogP contribution in [0.25, 0.3) is 0 Å². The van der Waals surface area contributed by atoms with Crippen molar-refractivity contribution in [3.63, 3.8) is 0 Å². The van der Waals surface area contributed by atoms with Gasteiger partial charge in [-0.25, -0.2) is 0 Å². The van der Waals surface area contributed by atoms with E-state index in [9.17, 15) is 5.11 Å². The lowest BCUT2D eigenvalue weighted by molar-refractivity contribution is -0.0350. The minimum Gasteiger partial charge on any atom is -0.391 e. The van der Waals surface area contributed by atoms with E-state index in [0.717, 1.165) is 19.3 Å². The van der Waals surface area contributed by atoms with E-state index in [-0.39, 0.29) is 11.6 Å². The molecule has 1 aliphatic carbocycles. The molecule has 2 unspecified atom stereocenters. The predicted molar refractivity (Wildman–Crippen MR) is 60.3 cm³/mol. The summed E-state index contributed by atoms with van der Waals surface area (Å²) < 4.78 is 0. The fraction of sp³-hybridized carbons (Fsp3) is 1.00. The minimum atomic E-state index is -0.162. The van der Waals surface area contributed by atoms with Gasteiger partial charge in [0.2, 0.25) is 0 Å². The summed E-state index contributed by atoms with van der Waals surface area (Å²) >= 11 is 0. The molecule has 0 aromatic carbocycles. The Bertz CT molecular complexity index is 173. The van der Waals surface area contributed by atoms with Crippen LogP contribution in [0, 0.1) is 5.92 Å². The number of aliphatic hydroxyl groups is 1. The van der Waals surface area contributed by atoms with Gasteiger partial charge in [-0.05, 0) is 32.9 Å². The van der Waals surface area contributed by atoms with Crippen molar-refractivity contribution in [2.75, 3.05) is 14.1 Å². The largest absolute Gasteiger partial charge is 0.391 e. The highest BCUT2D eigenvalue weighted by atomic mass is 16.3. The summed E-state index contributed by atoms with van der Waals surface area (Å²) in [5, 5.41) is 10.4. The third-order valence-corrected chi connectivity index (χ3v) is 4.09. The van der Waals surface area contributed by atoms with E-state index in [2.05, 4.69) is 32.8 Å². The molecule has 0 spiro atoms. The molecule has 1 aliphatic rings. The van der Waals surface area contributed by atoms with Crippen molar-refractivity contribution >= 4 is 0 Å². The lowest BCUT2D eigenvalue weighted by Crippen LogP contribution is -2.53. The minimum absolute atomic E-state index is 0.0649. The zero-order valence-electron chi connectivity index (χ0n) is 10.1. The molecule has 1 N–H and O–H groups in total. The van der Waals surface area contributed by atoms with Crippen LogP contribution >= 0.6 is 0 Å². The second-order valence-electron chi connectivity index (χ2n) is 5.04. The molecule has 0 aromatic rings. The summed E-state index contributed by atoms with van der Waals surface area (Å²) in [5.41, 5.74) is 0.0649. The van der Waals surface area contributed by atoms with Gasteiger partial charge in [0.25, 0.3) is 0 Å². The van der Waals surface area contributed by atoms with Crippen LogP contribution in [0.15, 0.2) is 0 Å². The number of nitrogens with zero attached hydrogens (tertiary/aromatic N) is 1. The van der Waals surface area contributed by atoms with E-state index in [1.807, 2.05) is 0 Å². The Hall–Kier alpha value is -0.0800. The van der Waals surface area contributed by atoms with Gasteiger partial charge in [-0.3, -0.25) is 0 Å². The molecule has 84 valence electrons. The number of rotatable bonds is 4. The van der Waals surface area contributed by atoms with Gasteiger partial charge in [-0.1, -0.05) is 33.1 Å². The highest BCUT2D eigenvalue weighted by Gasteiger charge is 2.43. The fourth-order valence-corrected chi connectivity index (χ4v) is 2.75. The molecular weight excluding hydrogens is 174 g/mol. The summed E-state index contributed by atoms with van der Waals surface area (Å²) in [6.45, 7) is 4.32. The van der Waals surface area contributed by atoms with Gasteiger partial charge in [0, 0.05) is 5.54 Å². The Morgan fingerprint density at radius 1 is 1.29 bits per heavy atom. The third-order valence-electron chi connectivity index (χ3n) is 4.09. The molecule has 0 amide bonds. The van der Waals surface area contributed by atoms with Crippen molar-refractivity contribution in [3.05, 3.63) is 0 Å². The number of aliphatic hydroxyl groups excluding tert-OH is 1. The van der Waals surface area contributed by atoms with Crippen LogP contribution < -0.4 is 0 Å². The average Bonchev–Trinajstić information content (AvgIpc) is 2.65. The zero-order chi connectivity index (χ0) is 10.8. The highest BCUT2D eigenvalue weighted by Crippen LogP contribution is 2.39. The van der Waals surface area contributed by atoms with Crippen LogP contribution in [0.3, 0.4) is 0 Å². The fourth-order valence-electron chi connectivity index (χ4n) is 2.75. The first-order valence-corrected chi connectivity index (χ1v) is 5.90. The molecule has 0 bridgehead atoms. The number of likely N-dealkylation sites (N-methyl/N-ethyl adjacent to an activating group) is 1. The molecule has 14 heavy (non-hydrogen) atoms. The summed E-state index contributed by atoms with van der Waals surface area (Å²) in [6.07, 6.45) is 5.76. The quantitative estimate of drug-likeness (QED) is 0.751. The van der Waals surface area contributed by atoms with E-state index >= 15 is 0 Å². The van der Waals surface area contributed by atoms with Crippen molar-refractivity contribution in [1.82, 2.24) is 4.90 Å². The van der Waals surface area contributed by atoms with Gasteiger partial charge in [0.05, 0.1) is 6.10 Å². The Morgan fingerprint density at radius 2 is 1.79 bits per heavy atom. The van der Waals surface area contributed by atoms with Crippen molar-refractivity contribution < 1.29 is 5.11 Å². The first-order valence-electron chi connectivity index (χ1n) is 5.90. The van der Waals surface area contributed by atoms with Crippen molar-refractivity contribution in [1.29, 1.82) is 0 Å². The van der Waals surface area contributed by atoms with Crippen LogP contribution in [0.1, 0.15) is 46.0 Å². The maximum Gasteiger partial charge on any atom is 0.0748 e. The van der Waals surface area contributed by atoms with E-state index < -0.39 is 0 Å². The van der Waals surface area contributed by atoms with Crippen molar-refractivity contribution in [2.24, 2.45) is 5.92 Å². The lowest BCUT2D eigenvalue weighted by Gasteiger charge is -2.43. The van der Waals surface area contributed by atoms with Gasteiger partial charge >= 0.3 is 0 Å². The van der Waals surface area contributed by atoms with E-state index in [4.69, 9.17) is 0 Å². The second-order valence-corrected chi connectivity index (χ2v) is 5.04. The lowest BCUT2D eigenvalue weighted by atomic mass is 9.81. The van der Waals surface area contributed by atoms with Gasteiger partial charge < -0.3 is 10.0 Å². The molecule has 0 aliphatic heterocycles. The molecule has 0 heterocycles. The molecule has 0 radical (unpaired) electrons. The molecule has 1 saturated carbocycles. The van der Waals surface area contributed by atoms with Crippen molar-refractivity contribution in [3.8, 4) is 0 Å². The van der Waals surface area contributed by atoms with Crippen LogP contribution in [0.4, 0.5) is 0 Å². The summed E-state index contributed by atoms with van der Waals surface area (Å²) in [6, 6.07) is 0. The van der Waals surface area contributed by atoms with Gasteiger partial charge in [-0.2, -0.15) is 0 Å². The molecule has 2 heteroatoms. The van der Waals surface area contributed by atoms with Gasteiger partial charge in [0.1, 0.15) is 0 Å². The van der Waals surface area contributed by atoms with Gasteiger partial charge in [-0.15, -0.1) is 0 Å². The standard InChI is InChI=1S/C12H25NO/c1-5-10(2)11(14)12(13(3)4)8-6-7-9-12/h10-11,14H,5-9H2,1-4H3. The topological polar surface area (TPSA) is 23.5 Å². The highest BCUT2D eigenvalue weighted by molar-refractivity contribution is 4.99. The summed E-state index contributed by atoms with van der Waals surface area (Å²) in [7, 11) is 4.22. The number of hydrogen-bond acceptors (Lipinski definition) is 2. The maximum absolute atomic E-state index is 10.4. The van der Waals surface area contributed by atoms with Crippen LogP contribution in [0.2, 0.25) is 0 Å². The first-order chi connectivity index (χ1) is 6.54. The Balaban J connectivity index is 2.76. The average molecular weight is 199 g/mol. The smallest absolute Gasteiger partial charge is 0.0748 e. The molecule has 2 nitrogen and oxygen atoms in total. The van der Waals surface area contributed by atoms with E-state index in [1.165, 1.54) is 12.8 Å². The molecule has 0 aromatic heterocycles. The Labute approximate surface area is 88.3 Å². The molecule has 2 atom stereocenters. The number of hydrogen-bond donors (Lipinski definition) is 1. The SMILES string of the molecule is CCC(C)C(O)C1(N(C)C)CCCC1. The molecule has 0 saturated heterocycles.